The molecule has 0 aliphatic heterocycles. The van der Waals surface area contributed by atoms with Crippen molar-refractivity contribution in [2.24, 2.45) is 0 Å². The van der Waals surface area contributed by atoms with E-state index < -0.39 is 36.3 Å². The van der Waals surface area contributed by atoms with E-state index in [1.165, 1.54) is 43.4 Å². The van der Waals surface area contributed by atoms with Crippen molar-refractivity contribution >= 4 is 31.2 Å². The zero-order valence-electron chi connectivity index (χ0n) is 16.8. The van der Waals surface area contributed by atoms with Gasteiger partial charge in [-0.25, -0.2) is 21.2 Å². The van der Waals surface area contributed by atoms with Gasteiger partial charge in [-0.1, -0.05) is 0 Å². The van der Waals surface area contributed by atoms with Crippen LogP contribution in [0.25, 0.3) is 0 Å². The van der Waals surface area contributed by atoms with Gasteiger partial charge < -0.3 is 4.74 Å². The van der Waals surface area contributed by atoms with Crippen molar-refractivity contribution in [3.8, 4) is 11.5 Å². The maximum atomic E-state index is 13.1. The van der Waals surface area contributed by atoms with E-state index in [4.69, 9.17) is 4.74 Å². The number of rotatable bonds is 7. The number of nitro groups is 1. The maximum Gasteiger partial charge on any atom is 0.312 e. The number of anilines is 1. The third kappa shape index (κ3) is 4.86. The van der Waals surface area contributed by atoms with Crippen molar-refractivity contribution in [3.05, 3.63) is 82.7 Å². The summed E-state index contributed by atoms with van der Waals surface area (Å²) >= 11 is 0. The zero-order chi connectivity index (χ0) is 23.7. The van der Waals surface area contributed by atoms with E-state index in [-0.39, 0.29) is 27.0 Å². The number of benzene rings is 3. The number of nitrogens with zero attached hydrogens (tertiary/aromatic N) is 2. The summed E-state index contributed by atoms with van der Waals surface area (Å²) in [6.07, 6.45) is 0.932. The topological polar surface area (TPSA) is 124 Å². The first-order valence-electron chi connectivity index (χ1n) is 8.90. The summed E-state index contributed by atoms with van der Waals surface area (Å²) in [6, 6.07) is 13.3. The first-order chi connectivity index (χ1) is 14.9. The van der Waals surface area contributed by atoms with Crippen LogP contribution in [0.4, 0.5) is 15.8 Å². The van der Waals surface area contributed by atoms with Crippen LogP contribution in [0.3, 0.4) is 0 Å². The molecule has 3 aromatic carbocycles. The minimum atomic E-state index is -3.94. The monoisotopic (exact) mass is 480 g/mol. The molecule has 0 saturated carbocycles. The first kappa shape index (κ1) is 23.2. The van der Waals surface area contributed by atoms with Gasteiger partial charge in [-0.3, -0.25) is 14.4 Å². The Morgan fingerprint density at radius 3 is 2.00 bits per heavy atom. The highest BCUT2D eigenvalue weighted by atomic mass is 32.2. The van der Waals surface area contributed by atoms with E-state index in [9.17, 15) is 31.3 Å². The highest BCUT2D eigenvalue weighted by molar-refractivity contribution is 7.92. The SMILES string of the molecule is CN(c1ccc(Oc2ccc(S(C)(=O)=O)cc2[N+](=O)[O-])cc1)S(=O)(=O)c1ccc(F)cc1. The molecule has 0 radical (unpaired) electrons. The molecular weight excluding hydrogens is 463 g/mol. The molecule has 168 valence electrons. The second-order valence-electron chi connectivity index (χ2n) is 6.68. The Morgan fingerprint density at radius 1 is 0.906 bits per heavy atom. The highest BCUT2D eigenvalue weighted by Gasteiger charge is 2.23. The van der Waals surface area contributed by atoms with E-state index in [0.29, 0.717) is 0 Å². The fraction of sp³-hybridized carbons (Fsp3) is 0.100. The van der Waals surface area contributed by atoms with E-state index in [2.05, 4.69) is 0 Å². The van der Waals surface area contributed by atoms with Crippen LogP contribution in [0.1, 0.15) is 0 Å². The normalized spacial score (nSPS) is 11.7. The molecule has 0 atom stereocenters. The molecule has 0 aliphatic carbocycles. The van der Waals surface area contributed by atoms with Crippen molar-refractivity contribution in [2.75, 3.05) is 17.6 Å². The third-order valence-electron chi connectivity index (χ3n) is 4.46. The van der Waals surface area contributed by atoms with E-state index >= 15 is 0 Å². The van der Waals surface area contributed by atoms with Crippen LogP contribution < -0.4 is 9.04 Å². The van der Waals surface area contributed by atoms with Crippen molar-refractivity contribution < 1.29 is 30.9 Å². The lowest BCUT2D eigenvalue weighted by molar-refractivity contribution is -0.385. The van der Waals surface area contributed by atoms with Crippen molar-refractivity contribution in [1.82, 2.24) is 0 Å². The summed E-state index contributed by atoms with van der Waals surface area (Å²) in [5.41, 5.74) is -0.267. The Morgan fingerprint density at radius 2 is 1.47 bits per heavy atom. The highest BCUT2D eigenvalue weighted by Crippen LogP contribution is 2.34. The minimum absolute atomic E-state index is 0.0942. The lowest BCUT2D eigenvalue weighted by Crippen LogP contribution is -2.26. The summed E-state index contributed by atoms with van der Waals surface area (Å²) in [7, 11) is -6.26. The second kappa shape index (κ2) is 8.55. The largest absolute Gasteiger partial charge is 0.450 e. The Kier molecular flexibility index (Phi) is 6.19. The number of hydrogen-bond acceptors (Lipinski definition) is 7. The van der Waals surface area contributed by atoms with Gasteiger partial charge in [-0.05, 0) is 60.7 Å². The lowest BCUT2D eigenvalue weighted by atomic mass is 10.3. The molecule has 0 amide bonds. The average Bonchev–Trinajstić information content (AvgIpc) is 2.73. The predicted molar refractivity (Wildman–Crippen MR) is 115 cm³/mol. The molecule has 0 aliphatic rings. The van der Waals surface area contributed by atoms with Gasteiger partial charge in [0.15, 0.2) is 9.84 Å². The van der Waals surface area contributed by atoms with Crippen LogP contribution in [0, 0.1) is 15.9 Å². The molecule has 0 bridgehead atoms. The minimum Gasteiger partial charge on any atom is -0.450 e. The molecule has 32 heavy (non-hydrogen) atoms. The van der Waals surface area contributed by atoms with Crippen LogP contribution in [-0.4, -0.2) is 35.1 Å². The number of hydrogen-bond donors (Lipinski definition) is 0. The van der Waals surface area contributed by atoms with Gasteiger partial charge in [0, 0.05) is 19.4 Å². The molecule has 9 nitrogen and oxygen atoms in total. The fourth-order valence-corrected chi connectivity index (χ4v) is 4.55. The van der Waals surface area contributed by atoms with Crippen LogP contribution in [0.5, 0.6) is 11.5 Å². The standard InChI is InChI=1S/C20H17FN2O7S2/c1-22(32(28,29)17-9-3-14(21)4-10-17)15-5-7-16(8-6-15)30-20-12-11-18(31(2,26)27)13-19(20)23(24)25/h3-13H,1-2H3. The molecule has 12 heteroatoms. The number of halogens is 1. The van der Waals surface area contributed by atoms with Gasteiger partial charge in [-0.15, -0.1) is 0 Å². The second-order valence-corrected chi connectivity index (χ2v) is 10.7. The smallest absolute Gasteiger partial charge is 0.312 e. The number of sulfonamides is 1. The van der Waals surface area contributed by atoms with Gasteiger partial charge in [0.1, 0.15) is 11.6 Å². The Labute approximate surface area is 183 Å². The molecule has 0 heterocycles. The Bertz CT molecular complexity index is 1370. The summed E-state index contributed by atoms with van der Waals surface area (Å²) in [4.78, 5) is 10.3. The summed E-state index contributed by atoms with van der Waals surface area (Å²) in [6.45, 7) is 0. The van der Waals surface area contributed by atoms with E-state index in [1.807, 2.05) is 0 Å². The molecule has 0 saturated heterocycles. The van der Waals surface area contributed by atoms with E-state index in [0.717, 1.165) is 40.9 Å². The zero-order valence-corrected chi connectivity index (χ0v) is 18.4. The molecule has 3 rings (SSSR count). The van der Waals surface area contributed by atoms with Gasteiger partial charge in [-0.2, -0.15) is 0 Å². The molecule has 0 aromatic heterocycles. The van der Waals surface area contributed by atoms with Crippen molar-refractivity contribution in [1.29, 1.82) is 0 Å². The molecular formula is C20H17FN2O7S2. The van der Waals surface area contributed by atoms with Crippen LogP contribution in [-0.2, 0) is 19.9 Å². The summed E-state index contributed by atoms with van der Waals surface area (Å²) in [5.74, 6) is -0.578. The fourth-order valence-electron chi connectivity index (χ4n) is 2.71. The summed E-state index contributed by atoms with van der Waals surface area (Å²) < 4.78 is 68.3. The van der Waals surface area contributed by atoms with Crippen molar-refractivity contribution in [2.45, 2.75) is 9.79 Å². The van der Waals surface area contributed by atoms with Crippen molar-refractivity contribution in [3.63, 3.8) is 0 Å². The Balaban J connectivity index is 1.86. The molecule has 0 fully saturated rings. The molecule has 0 unspecified atom stereocenters. The Hall–Kier alpha value is -3.51. The van der Waals surface area contributed by atoms with Gasteiger partial charge in [0.25, 0.3) is 10.0 Å². The van der Waals surface area contributed by atoms with Crippen LogP contribution in [0.15, 0.2) is 76.5 Å². The van der Waals surface area contributed by atoms with Gasteiger partial charge in [0.05, 0.1) is 20.4 Å². The van der Waals surface area contributed by atoms with Crippen LogP contribution >= 0.6 is 0 Å². The first-order valence-corrected chi connectivity index (χ1v) is 12.2. The van der Waals surface area contributed by atoms with Gasteiger partial charge >= 0.3 is 5.69 Å². The third-order valence-corrected chi connectivity index (χ3v) is 7.37. The molecule has 0 spiro atoms. The average molecular weight is 480 g/mol. The quantitative estimate of drug-likeness (QED) is 0.372. The van der Waals surface area contributed by atoms with Gasteiger partial charge in [0.2, 0.25) is 5.75 Å². The lowest BCUT2D eigenvalue weighted by Gasteiger charge is -2.20. The number of ether oxygens (including phenoxy) is 1. The molecule has 3 aromatic rings. The predicted octanol–water partition coefficient (Wildman–Crippen LogP) is 3.75. The van der Waals surface area contributed by atoms with Crippen LogP contribution in [0.2, 0.25) is 0 Å². The van der Waals surface area contributed by atoms with E-state index in [1.54, 1.807) is 0 Å². The summed E-state index contributed by atoms with van der Waals surface area (Å²) in [5, 5.41) is 11.3. The number of sulfone groups is 1. The maximum absolute atomic E-state index is 13.1. The number of nitro benzene ring substituents is 1. The molecule has 0 N–H and O–H groups in total.